The summed E-state index contributed by atoms with van der Waals surface area (Å²) in [5.74, 6) is -0.778. The Balaban J connectivity index is 2.67. The van der Waals surface area contributed by atoms with Gasteiger partial charge in [0.1, 0.15) is 0 Å². The van der Waals surface area contributed by atoms with E-state index in [1.807, 2.05) is 32.9 Å². The predicted octanol–water partition coefficient (Wildman–Crippen LogP) is 2.58. The molecule has 0 saturated carbocycles. The van der Waals surface area contributed by atoms with E-state index in [4.69, 9.17) is 5.11 Å². The monoisotopic (exact) mass is 207 g/mol. The van der Waals surface area contributed by atoms with Crippen LogP contribution in [0.25, 0.3) is 0 Å². The third kappa shape index (κ3) is 4.02. The lowest BCUT2D eigenvalue weighted by Crippen LogP contribution is -2.19. The van der Waals surface area contributed by atoms with E-state index in [1.54, 1.807) is 0 Å². The lowest BCUT2D eigenvalue weighted by atomic mass is 10.1. The summed E-state index contributed by atoms with van der Waals surface area (Å²) in [6, 6.07) is 6.08. The van der Waals surface area contributed by atoms with E-state index in [1.165, 1.54) is 11.1 Å². The predicted molar refractivity (Wildman–Crippen MR) is 61.3 cm³/mol. The second-order valence-corrected chi connectivity index (χ2v) is 4.02. The largest absolute Gasteiger partial charge is 0.481 e. The summed E-state index contributed by atoms with van der Waals surface area (Å²) in [7, 11) is 0. The minimum absolute atomic E-state index is 0.0521. The Kier molecular flexibility index (Phi) is 3.72. The van der Waals surface area contributed by atoms with Gasteiger partial charge in [0.15, 0.2) is 0 Å². The molecule has 15 heavy (non-hydrogen) atoms. The van der Waals surface area contributed by atoms with Crippen molar-refractivity contribution in [1.29, 1.82) is 0 Å². The zero-order chi connectivity index (χ0) is 11.4. The second-order valence-electron chi connectivity index (χ2n) is 4.02. The first-order valence-corrected chi connectivity index (χ1v) is 5.04. The molecular weight excluding hydrogens is 190 g/mol. The third-order valence-corrected chi connectivity index (χ3v) is 2.12. The number of rotatable bonds is 4. The summed E-state index contributed by atoms with van der Waals surface area (Å²) in [6.07, 6.45) is 0.132. The molecule has 0 aliphatic heterocycles. The second kappa shape index (κ2) is 4.82. The number of hydrogen-bond donors (Lipinski definition) is 2. The molecule has 1 aromatic rings. The van der Waals surface area contributed by atoms with E-state index in [9.17, 15) is 4.79 Å². The Hall–Kier alpha value is -1.51. The zero-order valence-electron chi connectivity index (χ0n) is 9.37. The number of benzene rings is 1. The van der Waals surface area contributed by atoms with E-state index in [0.29, 0.717) is 0 Å². The molecule has 0 aliphatic rings. The van der Waals surface area contributed by atoms with Crippen LogP contribution in [0.1, 0.15) is 24.5 Å². The lowest BCUT2D eigenvalue weighted by molar-refractivity contribution is -0.137. The van der Waals surface area contributed by atoms with E-state index in [-0.39, 0.29) is 12.5 Å². The van der Waals surface area contributed by atoms with Gasteiger partial charge in [0.05, 0.1) is 6.42 Å². The van der Waals surface area contributed by atoms with Crippen molar-refractivity contribution in [2.45, 2.75) is 33.2 Å². The lowest BCUT2D eigenvalue weighted by Gasteiger charge is -2.14. The minimum Gasteiger partial charge on any atom is -0.481 e. The van der Waals surface area contributed by atoms with Gasteiger partial charge < -0.3 is 10.4 Å². The molecule has 0 bridgehead atoms. The fourth-order valence-corrected chi connectivity index (χ4v) is 1.66. The van der Waals surface area contributed by atoms with E-state index < -0.39 is 5.97 Å². The third-order valence-electron chi connectivity index (χ3n) is 2.12. The van der Waals surface area contributed by atoms with Gasteiger partial charge in [0.25, 0.3) is 0 Å². The SMILES string of the molecule is Cc1cc(C)cc(NC(C)CC(=O)O)c1. The number of aliphatic carboxylic acids is 1. The number of carbonyl (C=O) groups is 1. The van der Waals surface area contributed by atoms with E-state index >= 15 is 0 Å². The molecule has 1 atom stereocenters. The summed E-state index contributed by atoms with van der Waals surface area (Å²) < 4.78 is 0. The molecule has 0 fully saturated rings. The van der Waals surface area contributed by atoms with Crippen molar-refractivity contribution >= 4 is 11.7 Å². The molecule has 0 radical (unpaired) electrons. The molecule has 2 N–H and O–H groups in total. The normalized spacial score (nSPS) is 12.2. The number of anilines is 1. The standard InChI is InChI=1S/C12H17NO2/c1-8-4-9(2)6-11(5-8)13-10(3)7-12(14)15/h4-6,10,13H,7H2,1-3H3,(H,14,15). The zero-order valence-corrected chi connectivity index (χ0v) is 9.37. The number of hydrogen-bond acceptors (Lipinski definition) is 2. The van der Waals surface area contributed by atoms with Crippen LogP contribution in [0.2, 0.25) is 0 Å². The average molecular weight is 207 g/mol. The Bertz CT molecular complexity index is 340. The number of nitrogens with one attached hydrogen (secondary N) is 1. The quantitative estimate of drug-likeness (QED) is 0.797. The van der Waals surface area contributed by atoms with Crippen LogP contribution >= 0.6 is 0 Å². The van der Waals surface area contributed by atoms with Gasteiger partial charge in [0, 0.05) is 11.7 Å². The number of carboxylic acids is 1. The van der Waals surface area contributed by atoms with E-state index in [0.717, 1.165) is 5.69 Å². The molecule has 3 heteroatoms. The first-order chi connectivity index (χ1) is 6.97. The van der Waals surface area contributed by atoms with Crippen molar-refractivity contribution in [3.05, 3.63) is 29.3 Å². The Labute approximate surface area is 90.1 Å². The maximum Gasteiger partial charge on any atom is 0.305 e. The number of carboxylic acid groups (broad SMARTS) is 1. The van der Waals surface area contributed by atoms with E-state index in [2.05, 4.69) is 11.4 Å². The number of aryl methyl sites for hydroxylation is 2. The van der Waals surface area contributed by atoms with Crippen LogP contribution in [0.3, 0.4) is 0 Å². The molecule has 1 unspecified atom stereocenters. The Morgan fingerprint density at radius 1 is 1.33 bits per heavy atom. The van der Waals surface area contributed by atoms with Gasteiger partial charge in [-0.3, -0.25) is 4.79 Å². The van der Waals surface area contributed by atoms with Crippen LogP contribution in [0.15, 0.2) is 18.2 Å². The van der Waals surface area contributed by atoms with Gasteiger partial charge in [-0.05, 0) is 44.0 Å². The highest BCUT2D eigenvalue weighted by Crippen LogP contribution is 2.15. The van der Waals surface area contributed by atoms with Crippen LogP contribution in [-0.4, -0.2) is 17.1 Å². The molecule has 0 aliphatic carbocycles. The highest BCUT2D eigenvalue weighted by Gasteiger charge is 2.07. The van der Waals surface area contributed by atoms with Gasteiger partial charge in [-0.25, -0.2) is 0 Å². The van der Waals surface area contributed by atoms with Crippen molar-refractivity contribution in [3.8, 4) is 0 Å². The summed E-state index contributed by atoms with van der Waals surface area (Å²) in [5.41, 5.74) is 3.35. The maximum atomic E-state index is 10.5. The van der Waals surface area contributed by atoms with Gasteiger partial charge in [0.2, 0.25) is 0 Å². The summed E-state index contributed by atoms with van der Waals surface area (Å²) in [5, 5.41) is 11.8. The molecule has 0 spiro atoms. The first kappa shape index (κ1) is 11.6. The van der Waals surface area contributed by atoms with Gasteiger partial charge in [-0.15, -0.1) is 0 Å². The van der Waals surface area contributed by atoms with Crippen LogP contribution in [0, 0.1) is 13.8 Å². The van der Waals surface area contributed by atoms with Crippen molar-refractivity contribution in [3.63, 3.8) is 0 Å². The summed E-state index contributed by atoms with van der Waals surface area (Å²) >= 11 is 0. The van der Waals surface area contributed by atoms with Gasteiger partial charge >= 0.3 is 5.97 Å². The first-order valence-electron chi connectivity index (χ1n) is 5.04. The van der Waals surface area contributed by atoms with Crippen molar-refractivity contribution in [1.82, 2.24) is 0 Å². The molecule has 3 nitrogen and oxygen atoms in total. The van der Waals surface area contributed by atoms with Crippen molar-refractivity contribution in [2.24, 2.45) is 0 Å². The Morgan fingerprint density at radius 2 is 1.87 bits per heavy atom. The molecule has 0 saturated heterocycles. The van der Waals surface area contributed by atoms with Crippen LogP contribution < -0.4 is 5.32 Å². The molecule has 0 heterocycles. The topological polar surface area (TPSA) is 49.3 Å². The average Bonchev–Trinajstić information content (AvgIpc) is 1.98. The molecule has 0 aromatic heterocycles. The molecule has 1 aromatic carbocycles. The highest BCUT2D eigenvalue weighted by atomic mass is 16.4. The van der Waals surface area contributed by atoms with Crippen LogP contribution in [0.5, 0.6) is 0 Å². The van der Waals surface area contributed by atoms with Crippen LogP contribution in [-0.2, 0) is 4.79 Å². The molecule has 82 valence electrons. The van der Waals surface area contributed by atoms with Crippen molar-refractivity contribution < 1.29 is 9.90 Å². The molecule has 1 rings (SSSR count). The van der Waals surface area contributed by atoms with Crippen LogP contribution in [0.4, 0.5) is 5.69 Å². The maximum absolute atomic E-state index is 10.5. The smallest absolute Gasteiger partial charge is 0.305 e. The molecule has 0 amide bonds. The van der Waals surface area contributed by atoms with Gasteiger partial charge in [-0.1, -0.05) is 6.07 Å². The summed E-state index contributed by atoms with van der Waals surface area (Å²) in [6.45, 7) is 5.92. The fourth-order valence-electron chi connectivity index (χ4n) is 1.66. The summed E-state index contributed by atoms with van der Waals surface area (Å²) in [4.78, 5) is 10.5. The highest BCUT2D eigenvalue weighted by molar-refractivity contribution is 5.68. The van der Waals surface area contributed by atoms with Gasteiger partial charge in [-0.2, -0.15) is 0 Å². The minimum atomic E-state index is -0.778. The Morgan fingerprint density at radius 3 is 2.33 bits per heavy atom. The fraction of sp³-hybridized carbons (Fsp3) is 0.417. The van der Waals surface area contributed by atoms with Crippen molar-refractivity contribution in [2.75, 3.05) is 5.32 Å². The molecular formula is C12H17NO2.